The maximum absolute atomic E-state index is 12.6. The summed E-state index contributed by atoms with van der Waals surface area (Å²) in [6.45, 7) is 16.0. The van der Waals surface area contributed by atoms with E-state index in [-0.39, 0.29) is 0 Å². The normalized spacial score (nSPS) is 11.9. The second-order valence-corrected chi connectivity index (χ2v) is 8.80. The van der Waals surface area contributed by atoms with E-state index in [9.17, 15) is 4.79 Å². The molecule has 144 valence electrons. The van der Waals surface area contributed by atoms with Crippen LogP contribution in [-0.2, 0) is 9.53 Å². The van der Waals surface area contributed by atoms with E-state index in [1.54, 1.807) is 31.5 Å². The summed E-state index contributed by atoms with van der Waals surface area (Å²) in [7, 11) is 0. The maximum Gasteiger partial charge on any atom is 0.350 e. The van der Waals surface area contributed by atoms with E-state index < -0.39 is 17.2 Å². The largest absolute Gasteiger partial charge is 0.475 e. The van der Waals surface area contributed by atoms with Gasteiger partial charge in [-0.3, -0.25) is 0 Å². The second-order valence-electron chi connectivity index (χ2n) is 7.91. The molecular formula is C22H22N2O3S. The highest BCUT2D eigenvalue weighted by molar-refractivity contribution is 7.16. The maximum atomic E-state index is 12.6. The van der Waals surface area contributed by atoms with Gasteiger partial charge in [0.1, 0.15) is 11.4 Å². The lowest BCUT2D eigenvalue weighted by atomic mass is 10.0. The number of aromatic nitrogens is 1. The summed E-state index contributed by atoms with van der Waals surface area (Å²) in [6, 6.07) is 11.0. The number of ether oxygens (including phenoxy) is 2. The Kier molecular flexibility index (Phi) is 5.14. The molecule has 0 aliphatic rings. The molecule has 0 N–H and O–H groups in total. The van der Waals surface area contributed by atoms with Crippen LogP contribution in [0.25, 0.3) is 26.2 Å². The molecule has 5 nitrogen and oxygen atoms in total. The number of hydrogen-bond donors (Lipinski definition) is 0. The van der Waals surface area contributed by atoms with Gasteiger partial charge in [-0.15, -0.1) is 11.3 Å². The Morgan fingerprint density at radius 1 is 1.07 bits per heavy atom. The highest BCUT2D eigenvalue weighted by atomic mass is 32.1. The Bertz CT molecular complexity index is 1050. The Morgan fingerprint density at radius 2 is 1.75 bits per heavy atom. The molecule has 0 unspecified atom stereocenters. The van der Waals surface area contributed by atoms with Crippen LogP contribution < -0.4 is 4.74 Å². The number of hydrogen-bond acceptors (Lipinski definition) is 5. The summed E-state index contributed by atoms with van der Waals surface area (Å²) < 4.78 is 12.7. The Labute approximate surface area is 168 Å². The Balaban J connectivity index is 2.06. The summed E-state index contributed by atoms with van der Waals surface area (Å²) in [6.07, 6.45) is 0. The smallest absolute Gasteiger partial charge is 0.350 e. The molecule has 0 spiro atoms. The van der Waals surface area contributed by atoms with Gasteiger partial charge in [0, 0.05) is 0 Å². The van der Waals surface area contributed by atoms with Crippen LogP contribution in [0.5, 0.6) is 5.75 Å². The van der Waals surface area contributed by atoms with E-state index in [1.807, 2.05) is 45.0 Å². The lowest BCUT2D eigenvalue weighted by Gasteiger charge is -2.30. The number of carbonyl (C=O) groups is 1. The Hall–Kier alpha value is -2.91. The van der Waals surface area contributed by atoms with Gasteiger partial charge in [-0.2, -0.15) is 0 Å². The molecule has 0 radical (unpaired) electrons. The van der Waals surface area contributed by atoms with Crippen molar-refractivity contribution in [3.63, 3.8) is 0 Å². The molecule has 0 amide bonds. The van der Waals surface area contributed by atoms with Crippen LogP contribution in [0.2, 0.25) is 0 Å². The number of rotatable bonds is 4. The Morgan fingerprint density at radius 3 is 2.36 bits per heavy atom. The molecule has 6 heteroatoms. The zero-order valence-electron chi connectivity index (χ0n) is 16.6. The molecule has 1 heterocycles. The summed E-state index contributed by atoms with van der Waals surface area (Å²) in [5.41, 5.74) is 3.04. The van der Waals surface area contributed by atoms with Crippen LogP contribution in [-0.4, -0.2) is 22.2 Å². The van der Waals surface area contributed by atoms with Crippen molar-refractivity contribution in [3.8, 4) is 16.9 Å². The molecule has 0 aliphatic carbocycles. The molecule has 0 bridgehead atoms. The van der Waals surface area contributed by atoms with Crippen LogP contribution in [0.1, 0.15) is 34.6 Å². The van der Waals surface area contributed by atoms with E-state index in [0.717, 1.165) is 21.3 Å². The minimum absolute atomic E-state index is 0.437. The minimum atomic E-state index is -1.18. The molecular weight excluding hydrogens is 372 g/mol. The number of nitrogens with zero attached hydrogens (tertiary/aromatic N) is 2. The van der Waals surface area contributed by atoms with Gasteiger partial charge in [0.25, 0.3) is 0 Å². The van der Waals surface area contributed by atoms with Gasteiger partial charge in [-0.1, -0.05) is 24.3 Å². The van der Waals surface area contributed by atoms with Crippen LogP contribution >= 0.6 is 11.3 Å². The molecule has 0 saturated carbocycles. The number of benzene rings is 2. The third-order valence-electron chi connectivity index (χ3n) is 4.00. The predicted molar refractivity (Wildman–Crippen MR) is 112 cm³/mol. The van der Waals surface area contributed by atoms with E-state index >= 15 is 0 Å². The van der Waals surface area contributed by atoms with Crippen molar-refractivity contribution in [2.75, 3.05) is 0 Å². The third kappa shape index (κ3) is 4.15. The van der Waals surface area contributed by atoms with Gasteiger partial charge < -0.3 is 9.47 Å². The van der Waals surface area contributed by atoms with Crippen LogP contribution in [0.15, 0.2) is 41.9 Å². The lowest BCUT2D eigenvalue weighted by Crippen LogP contribution is -2.43. The highest BCUT2D eigenvalue weighted by Crippen LogP contribution is 2.40. The topological polar surface area (TPSA) is 52.8 Å². The second kappa shape index (κ2) is 7.25. The van der Waals surface area contributed by atoms with Crippen molar-refractivity contribution >= 4 is 33.2 Å². The van der Waals surface area contributed by atoms with Gasteiger partial charge >= 0.3 is 5.97 Å². The standard InChI is InChI=1S/C22H22N2O3S/c1-21(2,3)27-20(25)22(4,5)26-16-11-12-17-19(24-13-28-17)18(16)14-7-9-15(23-6)10-8-14/h7-13H,1-5H3. The van der Waals surface area contributed by atoms with Crippen LogP contribution in [0, 0.1) is 6.57 Å². The fourth-order valence-corrected chi connectivity index (χ4v) is 3.38. The zero-order valence-corrected chi connectivity index (χ0v) is 17.4. The zero-order chi connectivity index (χ0) is 20.5. The van der Waals surface area contributed by atoms with E-state index in [1.165, 1.54) is 11.3 Å². The molecule has 0 atom stereocenters. The first-order valence-electron chi connectivity index (χ1n) is 8.87. The first-order valence-corrected chi connectivity index (χ1v) is 9.75. The number of thiazole rings is 1. The quantitative estimate of drug-likeness (QED) is 0.401. The van der Waals surface area contributed by atoms with Crippen molar-refractivity contribution in [1.29, 1.82) is 0 Å². The number of carbonyl (C=O) groups excluding carboxylic acids is 1. The first-order chi connectivity index (χ1) is 13.1. The average molecular weight is 394 g/mol. The van der Waals surface area contributed by atoms with Crippen molar-refractivity contribution in [2.24, 2.45) is 0 Å². The van der Waals surface area contributed by atoms with Crippen LogP contribution in [0.3, 0.4) is 0 Å². The van der Waals surface area contributed by atoms with E-state index in [2.05, 4.69) is 9.83 Å². The predicted octanol–water partition coefficient (Wildman–Crippen LogP) is 6.01. The lowest BCUT2D eigenvalue weighted by molar-refractivity contribution is -0.170. The van der Waals surface area contributed by atoms with Gasteiger partial charge in [0.05, 0.1) is 27.9 Å². The molecule has 1 aromatic heterocycles. The summed E-state index contributed by atoms with van der Waals surface area (Å²) in [5.74, 6) is 0.109. The molecule has 0 fully saturated rings. The highest BCUT2D eigenvalue weighted by Gasteiger charge is 2.35. The summed E-state index contributed by atoms with van der Waals surface area (Å²) >= 11 is 1.54. The van der Waals surface area contributed by atoms with Crippen molar-refractivity contribution in [2.45, 2.75) is 45.8 Å². The van der Waals surface area contributed by atoms with Crippen molar-refractivity contribution in [3.05, 3.63) is 53.3 Å². The first kappa shape index (κ1) is 19.8. The fourth-order valence-electron chi connectivity index (χ4n) is 2.70. The molecule has 0 saturated heterocycles. The fraction of sp³-hybridized carbons (Fsp3) is 0.318. The number of fused-ring (bicyclic) bond motifs is 1. The average Bonchev–Trinajstić information content (AvgIpc) is 3.08. The van der Waals surface area contributed by atoms with Crippen molar-refractivity contribution < 1.29 is 14.3 Å². The van der Waals surface area contributed by atoms with Gasteiger partial charge in [-0.05, 0) is 52.3 Å². The summed E-state index contributed by atoms with van der Waals surface area (Å²) in [5, 5.41) is 0. The third-order valence-corrected chi connectivity index (χ3v) is 4.80. The van der Waals surface area contributed by atoms with Crippen molar-refractivity contribution in [1.82, 2.24) is 4.98 Å². The molecule has 0 aliphatic heterocycles. The van der Waals surface area contributed by atoms with E-state index in [0.29, 0.717) is 11.4 Å². The molecule has 28 heavy (non-hydrogen) atoms. The monoisotopic (exact) mass is 394 g/mol. The number of esters is 1. The molecule has 3 aromatic rings. The van der Waals surface area contributed by atoms with E-state index in [4.69, 9.17) is 16.0 Å². The van der Waals surface area contributed by atoms with Crippen LogP contribution in [0.4, 0.5) is 5.69 Å². The SMILES string of the molecule is [C-]#[N+]c1ccc(-c2c(OC(C)(C)C(=O)OC(C)(C)C)ccc3scnc23)cc1. The summed E-state index contributed by atoms with van der Waals surface area (Å²) in [4.78, 5) is 20.6. The van der Waals surface area contributed by atoms with Gasteiger partial charge in [0.15, 0.2) is 11.3 Å². The minimum Gasteiger partial charge on any atom is -0.475 e. The van der Waals surface area contributed by atoms with Gasteiger partial charge in [-0.25, -0.2) is 14.6 Å². The molecule has 3 rings (SSSR count). The van der Waals surface area contributed by atoms with Gasteiger partial charge in [0.2, 0.25) is 0 Å². The molecule has 2 aromatic carbocycles.